The van der Waals surface area contributed by atoms with Crippen molar-refractivity contribution in [2.75, 3.05) is 13.2 Å². The van der Waals surface area contributed by atoms with Gasteiger partial charge in [-0.25, -0.2) is 9.59 Å². The standard InChI is InChI=1S/C15H14N2O4S/c1-2-7-16-15(20)17-13(18)9-21-14(19)12-8-10-5-3-4-6-11(10)22-12/h2-6,8H,1,7,9H2,(H2,16,17,18,20). The Labute approximate surface area is 130 Å². The number of amides is 3. The molecule has 0 spiro atoms. The van der Waals surface area contributed by atoms with Crippen molar-refractivity contribution in [2.45, 2.75) is 0 Å². The summed E-state index contributed by atoms with van der Waals surface area (Å²) >= 11 is 1.29. The van der Waals surface area contributed by atoms with E-state index >= 15 is 0 Å². The van der Waals surface area contributed by atoms with Crippen LogP contribution in [0.5, 0.6) is 0 Å². The zero-order chi connectivity index (χ0) is 15.9. The zero-order valence-electron chi connectivity index (χ0n) is 11.6. The van der Waals surface area contributed by atoms with Crippen LogP contribution in [0.15, 0.2) is 43.0 Å². The number of carbonyl (C=O) groups is 3. The predicted molar refractivity (Wildman–Crippen MR) is 83.8 cm³/mol. The van der Waals surface area contributed by atoms with Crippen molar-refractivity contribution in [3.8, 4) is 0 Å². The van der Waals surface area contributed by atoms with E-state index in [1.54, 1.807) is 6.07 Å². The molecule has 0 fully saturated rings. The van der Waals surface area contributed by atoms with Crippen molar-refractivity contribution in [3.05, 3.63) is 47.9 Å². The molecule has 0 atom stereocenters. The molecule has 2 aromatic rings. The molecular formula is C15H14N2O4S. The van der Waals surface area contributed by atoms with Crippen molar-refractivity contribution < 1.29 is 19.1 Å². The van der Waals surface area contributed by atoms with Gasteiger partial charge in [-0.15, -0.1) is 17.9 Å². The number of thiophene rings is 1. The molecule has 22 heavy (non-hydrogen) atoms. The average Bonchev–Trinajstić information content (AvgIpc) is 2.94. The Morgan fingerprint density at radius 3 is 2.77 bits per heavy atom. The number of carbonyl (C=O) groups excluding carboxylic acids is 3. The van der Waals surface area contributed by atoms with Gasteiger partial charge in [-0.3, -0.25) is 10.1 Å². The van der Waals surface area contributed by atoms with Gasteiger partial charge in [0.25, 0.3) is 5.91 Å². The molecule has 7 heteroatoms. The highest BCUT2D eigenvalue weighted by Gasteiger charge is 2.14. The minimum atomic E-state index is -0.698. The fraction of sp³-hybridized carbons (Fsp3) is 0.133. The predicted octanol–water partition coefficient (Wildman–Crippen LogP) is 2.07. The quantitative estimate of drug-likeness (QED) is 0.653. The van der Waals surface area contributed by atoms with Crippen molar-refractivity contribution in [2.24, 2.45) is 0 Å². The minimum Gasteiger partial charge on any atom is -0.451 e. The summed E-state index contributed by atoms with van der Waals surface area (Å²) in [4.78, 5) is 34.9. The van der Waals surface area contributed by atoms with Gasteiger partial charge < -0.3 is 10.1 Å². The number of ether oxygens (including phenoxy) is 1. The lowest BCUT2D eigenvalue weighted by atomic mass is 10.2. The fourth-order valence-corrected chi connectivity index (χ4v) is 2.61. The maximum atomic E-state index is 11.9. The second-order valence-corrected chi connectivity index (χ2v) is 5.36. The van der Waals surface area contributed by atoms with Gasteiger partial charge in [0.15, 0.2) is 6.61 Å². The summed E-state index contributed by atoms with van der Waals surface area (Å²) in [6.07, 6.45) is 1.48. The lowest BCUT2D eigenvalue weighted by Crippen LogP contribution is -2.41. The van der Waals surface area contributed by atoms with E-state index in [1.165, 1.54) is 17.4 Å². The van der Waals surface area contributed by atoms with Gasteiger partial charge in [-0.2, -0.15) is 0 Å². The Bertz CT molecular complexity index is 690. The molecule has 0 radical (unpaired) electrons. The van der Waals surface area contributed by atoms with Gasteiger partial charge in [0, 0.05) is 11.2 Å². The molecule has 0 bridgehead atoms. The third-order valence-electron chi connectivity index (χ3n) is 2.62. The van der Waals surface area contributed by atoms with Crippen molar-refractivity contribution in [3.63, 3.8) is 0 Å². The summed E-state index contributed by atoms with van der Waals surface area (Å²) in [5, 5.41) is 5.35. The van der Waals surface area contributed by atoms with Crippen molar-refractivity contribution in [1.29, 1.82) is 0 Å². The number of esters is 1. The lowest BCUT2D eigenvalue weighted by molar-refractivity contribution is -0.123. The summed E-state index contributed by atoms with van der Waals surface area (Å²) in [6, 6.07) is 8.58. The van der Waals surface area contributed by atoms with Crippen LogP contribution < -0.4 is 10.6 Å². The Morgan fingerprint density at radius 1 is 1.27 bits per heavy atom. The average molecular weight is 318 g/mol. The number of rotatable bonds is 5. The first-order valence-electron chi connectivity index (χ1n) is 6.44. The minimum absolute atomic E-state index is 0.237. The Morgan fingerprint density at radius 2 is 2.05 bits per heavy atom. The number of benzene rings is 1. The molecule has 3 amide bonds. The molecule has 6 nitrogen and oxygen atoms in total. The first-order chi connectivity index (χ1) is 10.6. The Balaban J connectivity index is 1.85. The smallest absolute Gasteiger partial charge is 0.348 e. The fourth-order valence-electron chi connectivity index (χ4n) is 1.66. The topological polar surface area (TPSA) is 84.5 Å². The maximum Gasteiger partial charge on any atom is 0.348 e. The van der Waals surface area contributed by atoms with E-state index in [1.807, 2.05) is 29.6 Å². The van der Waals surface area contributed by atoms with Gasteiger partial charge in [-0.05, 0) is 17.5 Å². The van der Waals surface area contributed by atoms with Crippen LogP contribution in [0, 0.1) is 0 Å². The molecule has 0 aliphatic rings. The highest BCUT2D eigenvalue weighted by Crippen LogP contribution is 2.25. The number of imide groups is 1. The van der Waals surface area contributed by atoms with Crippen LogP contribution in [-0.2, 0) is 9.53 Å². The monoisotopic (exact) mass is 318 g/mol. The van der Waals surface area contributed by atoms with Crippen LogP contribution in [-0.4, -0.2) is 31.1 Å². The summed E-state index contributed by atoms with van der Waals surface area (Å²) in [6.45, 7) is 3.14. The van der Waals surface area contributed by atoms with E-state index in [-0.39, 0.29) is 6.54 Å². The summed E-state index contributed by atoms with van der Waals surface area (Å²) in [5.41, 5.74) is 0. The highest BCUT2D eigenvalue weighted by molar-refractivity contribution is 7.20. The second kappa shape index (κ2) is 7.37. The summed E-state index contributed by atoms with van der Waals surface area (Å²) in [5.74, 6) is -1.29. The molecule has 1 heterocycles. The van der Waals surface area contributed by atoms with Crippen LogP contribution in [0.3, 0.4) is 0 Å². The molecule has 2 rings (SSSR count). The summed E-state index contributed by atoms with van der Waals surface area (Å²) in [7, 11) is 0. The van der Waals surface area contributed by atoms with E-state index < -0.39 is 24.5 Å². The van der Waals surface area contributed by atoms with E-state index in [0.717, 1.165) is 10.1 Å². The normalized spacial score (nSPS) is 10.0. The molecule has 0 aliphatic heterocycles. The number of fused-ring (bicyclic) bond motifs is 1. The number of hydrogen-bond donors (Lipinski definition) is 2. The number of urea groups is 1. The second-order valence-electron chi connectivity index (χ2n) is 4.27. The SMILES string of the molecule is C=CCNC(=O)NC(=O)COC(=O)c1cc2ccccc2s1. The Kier molecular flexibility index (Phi) is 5.26. The van der Waals surface area contributed by atoms with Gasteiger partial charge in [0.2, 0.25) is 0 Å². The first-order valence-corrected chi connectivity index (χ1v) is 7.26. The molecule has 1 aromatic carbocycles. The van der Waals surface area contributed by atoms with Crippen LogP contribution in [0.2, 0.25) is 0 Å². The first kappa shape index (κ1) is 15.7. The molecule has 114 valence electrons. The maximum absolute atomic E-state index is 11.9. The zero-order valence-corrected chi connectivity index (χ0v) is 12.4. The molecule has 0 aliphatic carbocycles. The van der Waals surface area contributed by atoms with Gasteiger partial charge >= 0.3 is 12.0 Å². The molecule has 0 unspecified atom stereocenters. The lowest BCUT2D eigenvalue weighted by Gasteiger charge is -2.05. The van der Waals surface area contributed by atoms with Gasteiger partial charge in [0.05, 0.1) is 0 Å². The molecule has 0 saturated heterocycles. The van der Waals surface area contributed by atoms with Crippen molar-refractivity contribution >= 4 is 39.3 Å². The third kappa shape index (κ3) is 4.16. The number of hydrogen-bond acceptors (Lipinski definition) is 5. The van der Waals surface area contributed by atoms with Crippen LogP contribution >= 0.6 is 11.3 Å². The van der Waals surface area contributed by atoms with Crippen LogP contribution in [0.1, 0.15) is 9.67 Å². The molecule has 2 N–H and O–H groups in total. The van der Waals surface area contributed by atoms with Gasteiger partial charge in [-0.1, -0.05) is 24.3 Å². The highest BCUT2D eigenvalue weighted by atomic mass is 32.1. The third-order valence-corrected chi connectivity index (χ3v) is 3.72. The molecular weight excluding hydrogens is 304 g/mol. The van der Waals surface area contributed by atoms with Gasteiger partial charge in [0.1, 0.15) is 4.88 Å². The van der Waals surface area contributed by atoms with Crippen LogP contribution in [0.25, 0.3) is 10.1 Å². The van der Waals surface area contributed by atoms with E-state index in [2.05, 4.69) is 11.9 Å². The number of nitrogens with one attached hydrogen (secondary N) is 2. The largest absolute Gasteiger partial charge is 0.451 e. The molecule has 1 aromatic heterocycles. The molecule has 0 saturated carbocycles. The Hall–Kier alpha value is -2.67. The van der Waals surface area contributed by atoms with E-state index in [4.69, 9.17) is 4.74 Å². The van der Waals surface area contributed by atoms with E-state index in [0.29, 0.717) is 4.88 Å². The van der Waals surface area contributed by atoms with E-state index in [9.17, 15) is 14.4 Å². The van der Waals surface area contributed by atoms with Crippen LogP contribution in [0.4, 0.5) is 4.79 Å². The summed E-state index contributed by atoms with van der Waals surface area (Å²) < 4.78 is 5.84. The van der Waals surface area contributed by atoms with Crippen molar-refractivity contribution in [1.82, 2.24) is 10.6 Å².